The standard InChI is InChI=1S/C12H9F3N2O3S/c1-5-6(4-18)21-8-7(5)9(19)17(10(20)16-8)11(2-3-11)12(13,14)15/h4H,2-3H2,1H3,(H,16,20). The molecule has 0 amide bonds. The molecule has 1 aliphatic carbocycles. The smallest absolute Gasteiger partial charge is 0.298 e. The van der Waals surface area contributed by atoms with Crippen LogP contribution in [0.1, 0.15) is 28.1 Å². The number of fused-ring (bicyclic) bond motifs is 1. The number of aryl methyl sites for hydroxylation is 1. The molecule has 1 saturated carbocycles. The van der Waals surface area contributed by atoms with Gasteiger partial charge in [-0.1, -0.05) is 0 Å². The quantitative estimate of drug-likeness (QED) is 0.860. The molecule has 0 radical (unpaired) electrons. The zero-order valence-corrected chi connectivity index (χ0v) is 11.5. The van der Waals surface area contributed by atoms with E-state index in [1.54, 1.807) is 0 Å². The van der Waals surface area contributed by atoms with Crippen molar-refractivity contribution < 1.29 is 18.0 Å². The molecular formula is C12H9F3N2O3S. The molecular weight excluding hydrogens is 309 g/mol. The lowest BCUT2D eigenvalue weighted by Gasteiger charge is -2.20. The van der Waals surface area contributed by atoms with Crippen LogP contribution < -0.4 is 11.2 Å². The fourth-order valence-electron chi connectivity index (χ4n) is 2.49. The highest BCUT2D eigenvalue weighted by atomic mass is 32.1. The molecule has 112 valence electrons. The van der Waals surface area contributed by atoms with Gasteiger partial charge in [0, 0.05) is 0 Å². The molecule has 9 heteroatoms. The molecule has 21 heavy (non-hydrogen) atoms. The summed E-state index contributed by atoms with van der Waals surface area (Å²) in [5.41, 5.74) is -4.22. The van der Waals surface area contributed by atoms with Gasteiger partial charge < -0.3 is 0 Å². The van der Waals surface area contributed by atoms with E-state index < -0.39 is 23.0 Å². The van der Waals surface area contributed by atoms with Gasteiger partial charge in [0.25, 0.3) is 5.56 Å². The molecule has 1 fully saturated rings. The summed E-state index contributed by atoms with van der Waals surface area (Å²) in [6, 6.07) is 0. The molecule has 1 N–H and O–H groups in total. The second-order valence-corrected chi connectivity index (χ2v) is 6.07. The summed E-state index contributed by atoms with van der Waals surface area (Å²) in [5.74, 6) is 0. The Balaban J connectivity index is 2.41. The molecule has 0 aliphatic heterocycles. The SMILES string of the molecule is Cc1c(C=O)sc2[nH]c(=O)n(C3(C(F)(F)F)CC3)c(=O)c12. The number of alkyl halides is 3. The third kappa shape index (κ3) is 1.73. The average Bonchev–Trinajstić information content (AvgIpc) is 3.10. The number of aldehydes is 1. The second-order valence-electron chi connectivity index (χ2n) is 5.01. The van der Waals surface area contributed by atoms with Gasteiger partial charge >= 0.3 is 11.9 Å². The van der Waals surface area contributed by atoms with Crippen LogP contribution in [0.4, 0.5) is 13.2 Å². The first-order chi connectivity index (χ1) is 9.73. The minimum atomic E-state index is -4.67. The van der Waals surface area contributed by atoms with Gasteiger partial charge in [0.15, 0.2) is 6.29 Å². The zero-order chi connectivity index (χ0) is 15.6. The highest BCUT2D eigenvalue weighted by molar-refractivity contribution is 7.20. The van der Waals surface area contributed by atoms with Gasteiger partial charge in [-0.2, -0.15) is 13.2 Å². The molecule has 3 rings (SSSR count). The molecule has 2 aromatic rings. The molecule has 2 heterocycles. The molecule has 0 saturated heterocycles. The van der Waals surface area contributed by atoms with Gasteiger partial charge in [-0.15, -0.1) is 11.3 Å². The first kappa shape index (κ1) is 14.1. The van der Waals surface area contributed by atoms with Crippen molar-refractivity contribution in [2.75, 3.05) is 0 Å². The molecule has 0 atom stereocenters. The maximum absolute atomic E-state index is 13.1. The number of hydrogen-bond donors (Lipinski definition) is 1. The first-order valence-electron chi connectivity index (χ1n) is 6.04. The summed E-state index contributed by atoms with van der Waals surface area (Å²) >= 11 is 0.881. The fourth-order valence-corrected chi connectivity index (χ4v) is 3.49. The van der Waals surface area contributed by atoms with Crippen LogP contribution in [0.15, 0.2) is 9.59 Å². The molecule has 2 aromatic heterocycles. The van der Waals surface area contributed by atoms with Crippen molar-refractivity contribution >= 4 is 27.8 Å². The highest BCUT2D eigenvalue weighted by Gasteiger charge is 2.66. The lowest BCUT2D eigenvalue weighted by Crippen LogP contribution is -2.49. The zero-order valence-electron chi connectivity index (χ0n) is 10.7. The molecule has 0 unspecified atom stereocenters. The first-order valence-corrected chi connectivity index (χ1v) is 6.85. The van der Waals surface area contributed by atoms with Gasteiger partial charge in [-0.25, -0.2) is 9.36 Å². The second kappa shape index (κ2) is 4.06. The molecule has 0 spiro atoms. The topological polar surface area (TPSA) is 71.9 Å². The number of aromatic nitrogens is 2. The summed E-state index contributed by atoms with van der Waals surface area (Å²) in [5, 5.41) is -0.0303. The molecule has 5 nitrogen and oxygen atoms in total. The van der Waals surface area contributed by atoms with Crippen molar-refractivity contribution in [1.82, 2.24) is 9.55 Å². The van der Waals surface area contributed by atoms with E-state index in [9.17, 15) is 27.6 Å². The fraction of sp³-hybridized carbons (Fsp3) is 0.417. The molecule has 1 aliphatic rings. The minimum Gasteiger partial charge on any atom is -0.298 e. The minimum absolute atomic E-state index is 0.0303. The van der Waals surface area contributed by atoms with E-state index in [1.165, 1.54) is 6.92 Å². The summed E-state index contributed by atoms with van der Waals surface area (Å²) in [7, 11) is 0. The van der Waals surface area contributed by atoms with Gasteiger partial charge in [-0.3, -0.25) is 14.6 Å². The Kier molecular flexibility index (Phi) is 2.72. The van der Waals surface area contributed by atoms with Crippen LogP contribution in [0.2, 0.25) is 0 Å². The van der Waals surface area contributed by atoms with Crippen molar-refractivity contribution in [3.05, 3.63) is 31.3 Å². The van der Waals surface area contributed by atoms with Crippen LogP contribution >= 0.6 is 11.3 Å². The van der Waals surface area contributed by atoms with E-state index in [0.717, 1.165) is 11.3 Å². The van der Waals surface area contributed by atoms with Crippen LogP contribution in [-0.4, -0.2) is 22.0 Å². The Labute approximate surface area is 119 Å². The Morgan fingerprint density at radius 1 is 1.33 bits per heavy atom. The summed E-state index contributed by atoms with van der Waals surface area (Å²) in [4.78, 5) is 37.8. The number of aromatic amines is 1. The number of rotatable bonds is 2. The Hall–Kier alpha value is -1.90. The van der Waals surface area contributed by atoms with Gasteiger partial charge in [-0.05, 0) is 25.3 Å². The van der Waals surface area contributed by atoms with Crippen molar-refractivity contribution in [2.24, 2.45) is 0 Å². The maximum Gasteiger partial charge on any atom is 0.412 e. The van der Waals surface area contributed by atoms with E-state index in [2.05, 4.69) is 4.98 Å². The maximum atomic E-state index is 13.1. The van der Waals surface area contributed by atoms with E-state index in [4.69, 9.17) is 0 Å². The normalized spacial score (nSPS) is 17.1. The van der Waals surface area contributed by atoms with Crippen molar-refractivity contribution in [3.8, 4) is 0 Å². The van der Waals surface area contributed by atoms with Crippen molar-refractivity contribution in [2.45, 2.75) is 31.5 Å². The molecule has 0 bridgehead atoms. The van der Waals surface area contributed by atoms with Crippen LogP contribution in [0.3, 0.4) is 0 Å². The Morgan fingerprint density at radius 2 is 1.95 bits per heavy atom. The number of hydrogen-bond acceptors (Lipinski definition) is 4. The van der Waals surface area contributed by atoms with E-state index in [1.807, 2.05) is 0 Å². The highest BCUT2D eigenvalue weighted by Crippen LogP contribution is 2.54. The van der Waals surface area contributed by atoms with E-state index in [-0.39, 0.29) is 38.1 Å². The number of nitrogens with one attached hydrogen (secondary N) is 1. The lowest BCUT2D eigenvalue weighted by atomic mass is 10.2. The number of halogens is 3. The molecule has 0 aromatic carbocycles. The summed E-state index contributed by atoms with van der Waals surface area (Å²) < 4.78 is 39.7. The van der Waals surface area contributed by atoms with Crippen LogP contribution in [0.5, 0.6) is 0 Å². The number of nitrogens with zero attached hydrogens (tertiary/aromatic N) is 1. The third-order valence-electron chi connectivity index (χ3n) is 3.81. The van der Waals surface area contributed by atoms with Crippen LogP contribution in [0.25, 0.3) is 10.2 Å². The Bertz CT molecular complexity index is 871. The van der Waals surface area contributed by atoms with Gasteiger partial charge in [0.2, 0.25) is 0 Å². The predicted octanol–water partition coefficient (Wildman–Crippen LogP) is 1.92. The summed E-state index contributed by atoms with van der Waals surface area (Å²) in [6.07, 6.45) is -4.75. The largest absolute Gasteiger partial charge is 0.412 e. The van der Waals surface area contributed by atoms with Gasteiger partial charge in [0.05, 0.1) is 10.3 Å². The number of carbonyl (C=O) groups excluding carboxylic acids is 1. The number of H-pyrrole nitrogens is 1. The number of thiophene rings is 1. The van der Waals surface area contributed by atoms with Crippen LogP contribution in [0, 0.1) is 6.92 Å². The van der Waals surface area contributed by atoms with Crippen molar-refractivity contribution in [3.63, 3.8) is 0 Å². The van der Waals surface area contributed by atoms with E-state index in [0.29, 0.717) is 6.29 Å². The average molecular weight is 318 g/mol. The summed E-state index contributed by atoms with van der Waals surface area (Å²) in [6.45, 7) is 1.47. The lowest BCUT2D eigenvalue weighted by molar-refractivity contribution is -0.181. The van der Waals surface area contributed by atoms with Crippen LogP contribution in [-0.2, 0) is 5.54 Å². The van der Waals surface area contributed by atoms with E-state index >= 15 is 0 Å². The van der Waals surface area contributed by atoms with Crippen molar-refractivity contribution in [1.29, 1.82) is 0 Å². The Morgan fingerprint density at radius 3 is 2.43 bits per heavy atom. The third-order valence-corrected chi connectivity index (χ3v) is 4.94. The van der Waals surface area contributed by atoms with Gasteiger partial charge in [0.1, 0.15) is 10.4 Å². The number of carbonyl (C=O) groups is 1. The predicted molar refractivity (Wildman–Crippen MR) is 70.1 cm³/mol. The monoisotopic (exact) mass is 318 g/mol.